The van der Waals surface area contributed by atoms with Gasteiger partial charge in [0.2, 0.25) is 11.8 Å². The highest BCUT2D eigenvalue weighted by Crippen LogP contribution is 2.38. The van der Waals surface area contributed by atoms with Gasteiger partial charge in [0.05, 0.1) is 38.1 Å². The first kappa shape index (κ1) is 46.3. The van der Waals surface area contributed by atoms with Gasteiger partial charge in [-0.05, 0) is 6.92 Å². The minimum Gasteiger partial charge on any atom is -0.477 e. The van der Waals surface area contributed by atoms with Crippen LogP contribution in [0.2, 0.25) is 0 Å². The molecule has 2 amide bonds. The molecule has 0 bridgehead atoms. The summed E-state index contributed by atoms with van der Waals surface area (Å²) in [5.74, 6) is -6.65. The van der Waals surface area contributed by atoms with E-state index in [0.717, 1.165) is 13.8 Å². The maximum absolute atomic E-state index is 12.8. The average Bonchev–Trinajstić information content (AvgIpc) is 3.13. The van der Waals surface area contributed by atoms with Crippen molar-refractivity contribution in [1.29, 1.82) is 0 Å². The third-order valence-corrected chi connectivity index (χ3v) is 9.92. The van der Waals surface area contributed by atoms with Crippen molar-refractivity contribution in [1.82, 2.24) is 10.6 Å². The second-order valence-electron chi connectivity index (χ2n) is 14.1. The van der Waals surface area contributed by atoms with E-state index < -0.39 is 172 Å². The number of nitrogens with one attached hydrogen (secondary N) is 2. The van der Waals surface area contributed by atoms with Crippen molar-refractivity contribution in [3.63, 3.8) is 0 Å². The van der Waals surface area contributed by atoms with Crippen molar-refractivity contribution in [2.24, 2.45) is 0 Å². The van der Waals surface area contributed by atoms with Crippen LogP contribution in [0, 0.1) is 0 Å². The minimum absolute atomic E-state index is 0.732. The third-order valence-electron chi connectivity index (χ3n) is 9.92. The number of carbonyl (C=O) groups is 3. The second-order valence-corrected chi connectivity index (χ2v) is 14.1. The second kappa shape index (κ2) is 19.1. The Balaban J connectivity index is 1.64. The number of carboxylic acids is 1. The Hall–Kier alpha value is -2.35. The van der Waals surface area contributed by atoms with Crippen molar-refractivity contribution in [2.75, 3.05) is 19.8 Å². The molecule has 21 atom stereocenters. The fraction of sp³-hybridized carbons (Fsp3) is 0.903. The van der Waals surface area contributed by atoms with E-state index in [-0.39, 0.29) is 0 Å². The van der Waals surface area contributed by atoms with Gasteiger partial charge in [0.15, 0.2) is 18.9 Å². The largest absolute Gasteiger partial charge is 0.477 e. The molecular formula is C31H52N2O23. The fourth-order valence-electron chi connectivity index (χ4n) is 6.90. The molecule has 25 heteroatoms. The summed E-state index contributed by atoms with van der Waals surface area (Å²) in [4.78, 5) is 36.6. The zero-order chi connectivity index (χ0) is 42.0. The van der Waals surface area contributed by atoms with Crippen molar-refractivity contribution in [2.45, 2.75) is 155 Å². The SMILES string of the molecule is CC(=O)N[C@@H]1[C@@H](O)[C@H](O[C@@H]2O[C@H](CO)[C@H](O)[C@H](O[C@]3(C(=O)O)C[C@H](O)[C@@H](NC(C)=O)[C@H]([C@H](O)[C@H](O)CO)O3)[C@H]2O)[C@@H](CO[C@@H]2O[C@@H](C)[C@@H](O)[C@@H](O)[C@@H]2O)O[C@H]1O. The number of hydrogen-bond donors (Lipinski definition) is 15. The summed E-state index contributed by atoms with van der Waals surface area (Å²) in [5, 5.41) is 142. The molecule has 0 saturated carbocycles. The molecule has 4 rings (SSSR count). The highest BCUT2D eigenvalue weighted by molar-refractivity contribution is 5.76. The maximum Gasteiger partial charge on any atom is 0.364 e. The lowest BCUT2D eigenvalue weighted by molar-refractivity contribution is -0.383. The average molecular weight is 821 g/mol. The van der Waals surface area contributed by atoms with Crippen LogP contribution in [0.1, 0.15) is 27.2 Å². The Morgan fingerprint density at radius 1 is 0.768 bits per heavy atom. The first-order chi connectivity index (χ1) is 26.2. The van der Waals surface area contributed by atoms with Crippen LogP contribution in [-0.4, -0.2) is 232 Å². The fourth-order valence-corrected chi connectivity index (χ4v) is 6.90. The van der Waals surface area contributed by atoms with Gasteiger partial charge in [0, 0.05) is 20.3 Å². The van der Waals surface area contributed by atoms with Gasteiger partial charge >= 0.3 is 5.97 Å². The summed E-state index contributed by atoms with van der Waals surface area (Å²) in [5.41, 5.74) is 0. The number of aliphatic carboxylic acids is 1. The van der Waals surface area contributed by atoms with Gasteiger partial charge in [-0.2, -0.15) is 0 Å². The lowest BCUT2D eigenvalue weighted by Gasteiger charge is -2.50. The molecule has 4 saturated heterocycles. The molecule has 0 aliphatic carbocycles. The van der Waals surface area contributed by atoms with Crippen molar-refractivity contribution in [3.8, 4) is 0 Å². The van der Waals surface area contributed by atoms with E-state index in [9.17, 15) is 80.8 Å². The van der Waals surface area contributed by atoms with E-state index in [0.29, 0.717) is 0 Å². The molecule has 56 heavy (non-hydrogen) atoms. The van der Waals surface area contributed by atoms with Gasteiger partial charge in [-0.1, -0.05) is 0 Å². The Morgan fingerprint density at radius 2 is 1.39 bits per heavy atom. The predicted molar refractivity (Wildman–Crippen MR) is 173 cm³/mol. The normalized spacial score (nSPS) is 45.7. The van der Waals surface area contributed by atoms with Crippen molar-refractivity contribution in [3.05, 3.63) is 0 Å². The van der Waals surface area contributed by atoms with E-state index >= 15 is 0 Å². The Morgan fingerprint density at radius 3 is 1.96 bits per heavy atom. The predicted octanol–water partition coefficient (Wildman–Crippen LogP) is -9.23. The van der Waals surface area contributed by atoms with Crippen LogP contribution in [0.3, 0.4) is 0 Å². The summed E-state index contributed by atoms with van der Waals surface area (Å²) in [6, 6.07) is -3.21. The van der Waals surface area contributed by atoms with Gasteiger partial charge in [-0.25, -0.2) is 4.79 Å². The molecule has 324 valence electrons. The Labute approximate surface area is 317 Å². The number of rotatable bonds is 14. The quantitative estimate of drug-likeness (QED) is 0.0773. The number of amides is 2. The number of carboxylic acid groups (broad SMARTS) is 1. The number of carbonyl (C=O) groups excluding carboxylic acids is 2. The first-order valence-corrected chi connectivity index (χ1v) is 17.6. The Kier molecular flexibility index (Phi) is 15.8. The summed E-state index contributed by atoms with van der Waals surface area (Å²) in [6.07, 6.45) is -34.6. The minimum atomic E-state index is -3.11. The zero-order valence-electron chi connectivity index (χ0n) is 30.3. The van der Waals surface area contributed by atoms with Crippen molar-refractivity contribution < 1.29 is 114 Å². The maximum atomic E-state index is 12.8. The molecule has 0 radical (unpaired) electrons. The molecule has 0 aromatic carbocycles. The van der Waals surface area contributed by atoms with Crippen LogP contribution >= 0.6 is 0 Å². The van der Waals surface area contributed by atoms with Crippen molar-refractivity contribution >= 4 is 17.8 Å². The molecule has 0 aromatic heterocycles. The van der Waals surface area contributed by atoms with Crippen LogP contribution in [0.15, 0.2) is 0 Å². The van der Waals surface area contributed by atoms with Crippen LogP contribution < -0.4 is 10.6 Å². The smallest absolute Gasteiger partial charge is 0.364 e. The van der Waals surface area contributed by atoms with Gasteiger partial charge in [-0.15, -0.1) is 0 Å². The molecule has 4 heterocycles. The van der Waals surface area contributed by atoms with E-state index in [1.165, 1.54) is 6.92 Å². The Bertz CT molecular complexity index is 1330. The molecule has 4 fully saturated rings. The third kappa shape index (κ3) is 9.91. The summed E-state index contributed by atoms with van der Waals surface area (Å²) in [7, 11) is 0. The first-order valence-electron chi connectivity index (χ1n) is 17.6. The summed E-state index contributed by atoms with van der Waals surface area (Å²) in [6.45, 7) is 0.576. The topological polar surface area (TPSA) is 403 Å². The molecule has 25 nitrogen and oxygen atoms in total. The van der Waals surface area contributed by atoms with Crippen LogP contribution in [0.5, 0.6) is 0 Å². The highest BCUT2D eigenvalue weighted by atomic mass is 16.8. The van der Waals surface area contributed by atoms with Gasteiger partial charge < -0.3 is 110 Å². The molecule has 0 aromatic rings. The van der Waals surface area contributed by atoms with Gasteiger partial charge in [-0.3, -0.25) is 9.59 Å². The monoisotopic (exact) mass is 820 g/mol. The van der Waals surface area contributed by atoms with E-state index in [1.807, 2.05) is 0 Å². The van der Waals surface area contributed by atoms with Gasteiger partial charge in [0.25, 0.3) is 5.79 Å². The summed E-state index contributed by atoms with van der Waals surface area (Å²) >= 11 is 0. The number of aliphatic hydroxyl groups excluding tert-OH is 12. The molecule has 15 N–H and O–H groups in total. The molecule has 4 aliphatic heterocycles. The number of hydrogen-bond acceptors (Lipinski definition) is 22. The molecular weight excluding hydrogens is 768 g/mol. The molecule has 0 spiro atoms. The van der Waals surface area contributed by atoms with E-state index in [1.54, 1.807) is 0 Å². The molecule has 0 unspecified atom stereocenters. The van der Waals surface area contributed by atoms with E-state index in [4.69, 9.17) is 33.2 Å². The zero-order valence-corrected chi connectivity index (χ0v) is 30.3. The molecule has 4 aliphatic rings. The van der Waals surface area contributed by atoms with E-state index in [2.05, 4.69) is 10.6 Å². The van der Waals surface area contributed by atoms with Crippen LogP contribution in [0.4, 0.5) is 0 Å². The number of ether oxygens (including phenoxy) is 7. The lowest BCUT2D eigenvalue weighted by Crippen LogP contribution is -2.71. The van der Waals surface area contributed by atoms with Crippen LogP contribution in [-0.2, 0) is 47.5 Å². The van der Waals surface area contributed by atoms with Gasteiger partial charge in [0.1, 0.15) is 85.4 Å². The summed E-state index contributed by atoms with van der Waals surface area (Å²) < 4.78 is 39.1. The highest BCUT2D eigenvalue weighted by Gasteiger charge is 2.60. The standard InChI is InChI=1S/C31H52N2O23/c1-8-17(40)21(44)22(45)28(51-8)50-7-14-24(20(43)16(27(47)52-14)33-10(3)37)54-29-23(46)26(19(42)13(6-35)53-29)56-31(30(48)49)4-11(38)15(32-9(2)36)25(55-31)18(41)12(39)5-34/h8,11-29,34-35,38-47H,4-7H2,1-3H3,(H,32,36)(H,33,37)(H,48,49)/t8-,11-,12+,13+,14+,15+,16+,17+,18+,19-,20+,21+,22-,23+,24+,25+,26-,27+,28+,29-,31-/m0/s1. The number of aliphatic hydroxyl groups is 12. The lowest BCUT2D eigenvalue weighted by atomic mass is 9.88. The van der Waals surface area contributed by atoms with Crippen LogP contribution in [0.25, 0.3) is 0 Å².